The van der Waals surface area contributed by atoms with Crippen LogP contribution in [0.3, 0.4) is 0 Å². The number of carbonyl (C=O) groups excluding carboxylic acids is 2. The maximum absolute atomic E-state index is 11.3. The normalized spacial score (nSPS) is 10.4. The summed E-state index contributed by atoms with van der Waals surface area (Å²) in [6.45, 7) is 1.53. The third-order valence-corrected chi connectivity index (χ3v) is 2.18. The Morgan fingerprint density at radius 2 is 1.69 bits per heavy atom. The van der Waals surface area contributed by atoms with E-state index in [4.69, 9.17) is 0 Å². The van der Waals surface area contributed by atoms with Crippen LogP contribution < -0.4 is 0 Å². The Morgan fingerprint density at radius 3 is 2.12 bits per heavy atom. The van der Waals surface area contributed by atoms with Crippen LogP contribution in [-0.4, -0.2) is 30.7 Å². The molecular formula is C13H15NO2. The fourth-order valence-corrected chi connectivity index (χ4v) is 1.15. The molecule has 1 rings (SSSR count). The Morgan fingerprint density at radius 1 is 1.12 bits per heavy atom. The molecular weight excluding hydrogens is 202 g/mol. The monoisotopic (exact) mass is 217 g/mol. The fourth-order valence-electron chi connectivity index (χ4n) is 1.15. The molecule has 3 nitrogen and oxygen atoms in total. The van der Waals surface area contributed by atoms with E-state index in [-0.39, 0.29) is 11.7 Å². The van der Waals surface area contributed by atoms with Gasteiger partial charge in [-0.15, -0.1) is 0 Å². The van der Waals surface area contributed by atoms with Crippen molar-refractivity contribution in [2.75, 3.05) is 14.1 Å². The van der Waals surface area contributed by atoms with E-state index in [1.165, 1.54) is 17.9 Å². The number of hydrogen-bond acceptors (Lipinski definition) is 2. The third-order valence-electron chi connectivity index (χ3n) is 2.18. The molecule has 0 unspecified atom stereocenters. The molecule has 0 spiro atoms. The molecule has 0 saturated heterocycles. The van der Waals surface area contributed by atoms with E-state index in [0.29, 0.717) is 5.56 Å². The van der Waals surface area contributed by atoms with E-state index < -0.39 is 0 Å². The van der Waals surface area contributed by atoms with Gasteiger partial charge in [-0.3, -0.25) is 9.59 Å². The summed E-state index contributed by atoms with van der Waals surface area (Å²) in [5.41, 5.74) is 1.58. The van der Waals surface area contributed by atoms with Crippen molar-refractivity contribution in [1.29, 1.82) is 0 Å². The van der Waals surface area contributed by atoms with Crippen LogP contribution in [0.4, 0.5) is 0 Å². The Kier molecular flexibility index (Phi) is 4.00. The highest BCUT2D eigenvalue weighted by Gasteiger charge is 1.99. The number of ketones is 1. The van der Waals surface area contributed by atoms with Crippen LogP contribution in [0.25, 0.3) is 6.08 Å². The minimum atomic E-state index is -0.0596. The van der Waals surface area contributed by atoms with Gasteiger partial charge in [0.15, 0.2) is 5.78 Å². The van der Waals surface area contributed by atoms with Gasteiger partial charge >= 0.3 is 0 Å². The first-order valence-corrected chi connectivity index (χ1v) is 5.01. The van der Waals surface area contributed by atoms with Crippen molar-refractivity contribution in [2.24, 2.45) is 0 Å². The molecule has 16 heavy (non-hydrogen) atoms. The lowest BCUT2D eigenvalue weighted by Crippen LogP contribution is -2.18. The van der Waals surface area contributed by atoms with Gasteiger partial charge in [0.25, 0.3) is 0 Å². The molecule has 0 bridgehead atoms. The Bertz CT molecular complexity index is 416. The van der Waals surface area contributed by atoms with E-state index >= 15 is 0 Å². The summed E-state index contributed by atoms with van der Waals surface area (Å²) in [4.78, 5) is 23.8. The van der Waals surface area contributed by atoms with E-state index in [0.717, 1.165) is 5.56 Å². The maximum atomic E-state index is 11.3. The van der Waals surface area contributed by atoms with Gasteiger partial charge in [-0.2, -0.15) is 0 Å². The standard InChI is InChI=1S/C13H15NO2/c1-10(15)12-7-4-11(5-8-12)6-9-13(16)14(2)3/h4-9H,1-3H3/b9-6+. The minimum Gasteiger partial charge on any atom is -0.345 e. The molecule has 0 aromatic heterocycles. The van der Waals surface area contributed by atoms with Crippen molar-refractivity contribution in [3.8, 4) is 0 Å². The first-order valence-electron chi connectivity index (χ1n) is 5.01. The summed E-state index contributed by atoms with van der Waals surface area (Å²) in [5, 5.41) is 0. The lowest BCUT2D eigenvalue weighted by molar-refractivity contribution is -0.123. The van der Waals surface area contributed by atoms with E-state index in [1.807, 2.05) is 12.1 Å². The van der Waals surface area contributed by atoms with Crippen LogP contribution in [0.15, 0.2) is 30.3 Å². The number of rotatable bonds is 3. The van der Waals surface area contributed by atoms with Crippen LogP contribution in [-0.2, 0) is 4.79 Å². The molecule has 0 fully saturated rings. The van der Waals surface area contributed by atoms with Crippen molar-refractivity contribution in [1.82, 2.24) is 4.90 Å². The van der Waals surface area contributed by atoms with Gasteiger partial charge in [-0.05, 0) is 18.6 Å². The molecule has 1 amide bonds. The van der Waals surface area contributed by atoms with Gasteiger partial charge in [0.2, 0.25) is 5.91 Å². The maximum Gasteiger partial charge on any atom is 0.246 e. The summed E-state index contributed by atoms with van der Waals surface area (Å²) in [6, 6.07) is 7.14. The zero-order valence-electron chi connectivity index (χ0n) is 9.73. The lowest BCUT2D eigenvalue weighted by Gasteiger charge is -2.05. The smallest absolute Gasteiger partial charge is 0.246 e. The highest BCUT2D eigenvalue weighted by Crippen LogP contribution is 2.06. The molecule has 0 saturated carbocycles. The first kappa shape index (κ1) is 12.2. The average Bonchev–Trinajstić information content (AvgIpc) is 2.26. The topological polar surface area (TPSA) is 37.4 Å². The quantitative estimate of drug-likeness (QED) is 0.573. The first-order chi connectivity index (χ1) is 7.50. The Hall–Kier alpha value is -1.90. The number of benzene rings is 1. The number of Topliss-reactive ketones (excluding diaryl/α,β-unsaturated/α-hetero) is 1. The zero-order chi connectivity index (χ0) is 12.1. The Balaban J connectivity index is 2.76. The largest absolute Gasteiger partial charge is 0.345 e. The predicted molar refractivity (Wildman–Crippen MR) is 64.2 cm³/mol. The summed E-state index contributed by atoms with van der Waals surface area (Å²) in [6.07, 6.45) is 3.23. The van der Waals surface area contributed by atoms with Crippen molar-refractivity contribution in [3.63, 3.8) is 0 Å². The van der Waals surface area contributed by atoms with Crippen molar-refractivity contribution >= 4 is 17.8 Å². The summed E-state index contributed by atoms with van der Waals surface area (Å²) in [7, 11) is 3.40. The van der Waals surface area contributed by atoms with Gasteiger partial charge in [0.05, 0.1) is 0 Å². The van der Waals surface area contributed by atoms with E-state index in [9.17, 15) is 9.59 Å². The molecule has 84 valence electrons. The van der Waals surface area contributed by atoms with Crippen LogP contribution in [0.1, 0.15) is 22.8 Å². The highest BCUT2D eigenvalue weighted by molar-refractivity contribution is 5.94. The summed E-state index contributed by atoms with van der Waals surface area (Å²) >= 11 is 0. The molecule has 3 heteroatoms. The van der Waals surface area contributed by atoms with Gasteiger partial charge in [0.1, 0.15) is 0 Å². The number of amides is 1. The molecule has 0 radical (unpaired) electrons. The van der Waals surface area contributed by atoms with Gasteiger partial charge in [-0.1, -0.05) is 24.3 Å². The van der Waals surface area contributed by atoms with Crippen LogP contribution in [0, 0.1) is 0 Å². The number of likely N-dealkylation sites (N-methyl/N-ethyl adjacent to an activating group) is 1. The molecule has 1 aromatic carbocycles. The molecule has 0 aliphatic rings. The van der Waals surface area contributed by atoms with Crippen LogP contribution in [0.5, 0.6) is 0 Å². The number of carbonyl (C=O) groups is 2. The number of nitrogens with zero attached hydrogens (tertiary/aromatic N) is 1. The fraction of sp³-hybridized carbons (Fsp3) is 0.231. The van der Waals surface area contributed by atoms with Gasteiger partial charge in [-0.25, -0.2) is 0 Å². The van der Waals surface area contributed by atoms with Crippen LogP contribution in [0.2, 0.25) is 0 Å². The summed E-state index contributed by atoms with van der Waals surface area (Å²) < 4.78 is 0. The lowest BCUT2D eigenvalue weighted by atomic mass is 10.1. The van der Waals surface area contributed by atoms with Crippen molar-refractivity contribution in [3.05, 3.63) is 41.5 Å². The average molecular weight is 217 g/mol. The number of hydrogen-bond donors (Lipinski definition) is 0. The second kappa shape index (κ2) is 5.26. The Labute approximate surface area is 95.4 Å². The van der Waals surface area contributed by atoms with Crippen LogP contribution >= 0.6 is 0 Å². The minimum absolute atomic E-state index is 0.0416. The van der Waals surface area contributed by atoms with Crippen molar-refractivity contribution in [2.45, 2.75) is 6.92 Å². The predicted octanol–water partition coefficient (Wildman–Crippen LogP) is 1.99. The van der Waals surface area contributed by atoms with Crippen molar-refractivity contribution < 1.29 is 9.59 Å². The molecule has 0 heterocycles. The third kappa shape index (κ3) is 3.35. The SMILES string of the molecule is CC(=O)c1ccc(/C=C/C(=O)N(C)C)cc1. The summed E-state index contributed by atoms with van der Waals surface area (Å²) in [5.74, 6) is -0.0180. The second-order valence-electron chi connectivity index (χ2n) is 3.74. The van der Waals surface area contributed by atoms with Gasteiger partial charge in [0, 0.05) is 25.7 Å². The molecule has 0 aliphatic heterocycles. The zero-order valence-corrected chi connectivity index (χ0v) is 9.73. The highest BCUT2D eigenvalue weighted by atomic mass is 16.2. The van der Waals surface area contributed by atoms with E-state index in [2.05, 4.69) is 0 Å². The molecule has 0 aliphatic carbocycles. The molecule has 0 N–H and O–H groups in total. The second-order valence-corrected chi connectivity index (χ2v) is 3.74. The molecule has 1 aromatic rings. The van der Waals surface area contributed by atoms with E-state index in [1.54, 1.807) is 32.3 Å². The molecule has 0 atom stereocenters. The van der Waals surface area contributed by atoms with Gasteiger partial charge < -0.3 is 4.90 Å².